The molecule has 0 aliphatic heterocycles. The summed E-state index contributed by atoms with van der Waals surface area (Å²) in [5, 5.41) is 0. The van der Waals surface area contributed by atoms with Crippen molar-refractivity contribution in [3.05, 3.63) is 0 Å². The summed E-state index contributed by atoms with van der Waals surface area (Å²) < 4.78 is 16.8. The summed E-state index contributed by atoms with van der Waals surface area (Å²) in [6.07, 6.45) is 52.6. The van der Waals surface area contributed by atoms with Crippen molar-refractivity contribution in [2.24, 2.45) is 11.8 Å². The van der Waals surface area contributed by atoms with Gasteiger partial charge in [-0.2, -0.15) is 0 Å². The van der Waals surface area contributed by atoms with Crippen LogP contribution in [0.2, 0.25) is 0 Å². The van der Waals surface area contributed by atoms with E-state index < -0.39 is 6.10 Å². The van der Waals surface area contributed by atoms with Gasteiger partial charge < -0.3 is 14.2 Å². The van der Waals surface area contributed by atoms with Crippen molar-refractivity contribution in [1.29, 1.82) is 0 Å². The van der Waals surface area contributed by atoms with Gasteiger partial charge in [0.15, 0.2) is 6.10 Å². The third-order valence-corrected chi connectivity index (χ3v) is 13.0. The lowest BCUT2D eigenvalue weighted by molar-refractivity contribution is -0.167. The van der Waals surface area contributed by atoms with Crippen LogP contribution in [-0.2, 0) is 28.6 Å². The van der Waals surface area contributed by atoms with E-state index in [-0.39, 0.29) is 31.1 Å². The van der Waals surface area contributed by atoms with Crippen molar-refractivity contribution in [2.45, 2.75) is 323 Å². The van der Waals surface area contributed by atoms with Crippen LogP contribution in [0.4, 0.5) is 0 Å². The fraction of sp³-hybridized carbons (Fsp3) is 0.947. The highest BCUT2D eigenvalue weighted by Gasteiger charge is 2.19. The number of hydrogen-bond donors (Lipinski definition) is 0. The second-order valence-electron chi connectivity index (χ2n) is 20.5. The van der Waals surface area contributed by atoms with Gasteiger partial charge in [0.1, 0.15) is 13.2 Å². The molecule has 0 fully saturated rings. The molecule has 6 heteroatoms. The average Bonchev–Trinajstić information content (AvgIpc) is 3.25. The van der Waals surface area contributed by atoms with Crippen LogP contribution in [0.25, 0.3) is 0 Å². The molecule has 0 aliphatic carbocycles. The summed E-state index contributed by atoms with van der Waals surface area (Å²) in [6.45, 7) is 11.3. The first-order valence-corrected chi connectivity index (χ1v) is 28.2. The number of esters is 3. The first-order valence-electron chi connectivity index (χ1n) is 28.2. The summed E-state index contributed by atoms with van der Waals surface area (Å²) in [7, 11) is 0. The normalized spacial score (nSPS) is 12.0. The maximum Gasteiger partial charge on any atom is 0.306 e. The van der Waals surface area contributed by atoms with E-state index in [0.29, 0.717) is 19.3 Å². The number of rotatable bonds is 51. The zero-order valence-electron chi connectivity index (χ0n) is 43.2. The standard InChI is InChI=1S/C57H110O6/c1-6-7-8-9-10-11-12-13-14-15-16-19-23-26-29-32-39-44-49-57(60)63-54(51-62-56(59)48-43-38-34-33-36-41-46-53(4)5)50-61-55(58)47-42-37-31-28-25-22-20-17-18-21-24-27-30-35-40-45-52(2)3/h52-54H,6-51H2,1-5H3/t54-/m1/s1. The zero-order valence-corrected chi connectivity index (χ0v) is 43.2. The molecule has 0 unspecified atom stereocenters. The molecule has 0 aliphatic rings. The van der Waals surface area contributed by atoms with Crippen molar-refractivity contribution >= 4 is 17.9 Å². The Kier molecular flexibility index (Phi) is 48.6. The van der Waals surface area contributed by atoms with Crippen LogP contribution >= 0.6 is 0 Å². The molecule has 0 N–H and O–H groups in total. The van der Waals surface area contributed by atoms with Gasteiger partial charge in [0.2, 0.25) is 0 Å². The molecule has 0 aromatic rings. The lowest BCUT2D eigenvalue weighted by Gasteiger charge is -2.18. The molecule has 0 rings (SSSR count). The quantitative estimate of drug-likeness (QED) is 0.0344. The molecule has 0 saturated carbocycles. The third kappa shape index (κ3) is 51.3. The first kappa shape index (κ1) is 61.4. The minimum atomic E-state index is -0.763. The fourth-order valence-electron chi connectivity index (χ4n) is 8.70. The molecule has 1 atom stereocenters. The van der Waals surface area contributed by atoms with Crippen molar-refractivity contribution in [3.63, 3.8) is 0 Å². The van der Waals surface area contributed by atoms with Crippen molar-refractivity contribution in [2.75, 3.05) is 13.2 Å². The van der Waals surface area contributed by atoms with Crippen LogP contribution in [0.15, 0.2) is 0 Å². The SMILES string of the molecule is CCCCCCCCCCCCCCCCCCCCC(=O)O[C@H](COC(=O)CCCCCCCCCCCCCCCCCC(C)C)COC(=O)CCCCCCCCC(C)C. The van der Waals surface area contributed by atoms with Crippen LogP contribution < -0.4 is 0 Å². The van der Waals surface area contributed by atoms with E-state index in [4.69, 9.17) is 14.2 Å². The molecule has 0 saturated heterocycles. The molecule has 374 valence electrons. The predicted octanol–water partition coefficient (Wildman–Crippen LogP) is 18.5. The second-order valence-corrected chi connectivity index (χ2v) is 20.5. The van der Waals surface area contributed by atoms with E-state index in [2.05, 4.69) is 34.6 Å². The predicted molar refractivity (Wildman–Crippen MR) is 270 cm³/mol. The Labute approximate surface area is 393 Å². The van der Waals surface area contributed by atoms with E-state index in [9.17, 15) is 14.4 Å². The van der Waals surface area contributed by atoms with Crippen LogP contribution in [0.5, 0.6) is 0 Å². The Morgan fingerprint density at radius 2 is 0.524 bits per heavy atom. The number of carbonyl (C=O) groups excluding carboxylic acids is 3. The first-order chi connectivity index (χ1) is 30.7. The summed E-state index contributed by atoms with van der Waals surface area (Å²) >= 11 is 0. The van der Waals surface area contributed by atoms with E-state index in [1.54, 1.807) is 0 Å². The van der Waals surface area contributed by atoms with Gasteiger partial charge in [-0.05, 0) is 31.1 Å². The van der Waals surface area contributed by atoms with Crippen molar-refractivity contribution < 1.29 is 28.6 Å². The van der Waals surface area contributed by atoms with E-state index in [0.717, 1.165) is 69.6 Å². The van der Waals surface area contributed by atoms with E-state index in [1.807, 2.05) is 0 Å². The van der Waals surface area contributed by atoms with Gasteiger partial charge in [-0.3, -0.25) is 14.4 Å². The number of hydrogen-bond acceptors (Lipinski definition) is 6. The molecule has 0 amide bonds. The lowest BCUT2D eigenvalue weighted by atomic mass is 10.0. The molecule has 0 aromatic heterocycles. The van der Waals surface area contributed by atoms with E-state index >= 15 is 0 Å². The van der Waals surface area contributed by atoms with Gasteiger partial charge in [0.25, 0.3) is 0 Å². The minimum Gasteiger partial charge on any atom is -0.462 e. The Morgan fingerprint density at radius 3 is 0.778 bits per heavy atom. The monoisotopic (exact) mass is 891 g/mol. The molecule has 0 bridgehead atoms. The molecular formula is C57H110O6. The average molecular weight is 892 g/mol. The van der Waals surface area contributed by atoms with Gasteiger partial charge in [-0.15, -0.1) is 0 Å². The Morgan fingerprint density at radius 1 is 0.302 bits per heavy atom. The zero-order chi connectivity index (χ0) is 46.1. The summed E-state index contributed by atoms with van der Waals surface area (Å²) in [5.74, 6) is 0.765. The highest BCUT2D eigenvalue weighted by Crippen LogP contribution is 2.18. The summed E-state index contributed by atoms with van der Waals surface area (Å²) in [6, 6.07) is 0. The minimum absolute atomic E-state index is 0.0638. The lowest BCUT2D eigenvalue weighted by Crippen LogP contribution is -2.30. The van der Waals surface area contributed by atoms with Crippen molar-refractivity contribution in [1.82, 2.24) is 0 Å². The van der Waals surface area contributed by atoms with Gasteiger partial charge in [-0.25, -0.2) is 0 Å². The van der Waals surface area contributed by atoms with Crippen LogP contribution in [0.3, 0.4) is 0 Å². The maximum absolute atomic E-state index is 12.8. The Hall–Kier alpha value is -1.59. The largest absolute Gasteiger partial charge is 0.462 e. The van der Waals surface area contributed by atoms with Gasteiger partial charge >= 0.3 is 17.9 Å². The maximum atomic E-state index is 12.8. The van der Waals surface area contributed by atoms with Crippen molar-refractivity contribution in [3.8, 4) is 0 Å². The van der Waals surface area contributed by atoms with Crippen LogP contribution in [0, 0.1) is 11.8 Å². The van der Waals surface area contributed by atoms with Crippen LogP contribution in [0.1, 0.15) is 317 Å². The van der Waals surface area contributed by atoms with Gasteiger partial charge in [0, 0.05) is 19.3 Å². The highest BCUT2D eigenvalue weighted by atomic mass is 16.6. The highest BCUT2D eigenvalue weighted by molar-refractivity contribution is 5.71. The third-order valence-electron chi connectivity index (χ3n) is 13.0. The fourth-order valence-corrected chi connectivity index (χ4v) is 8.70. The summed E-state index contributed by atoms with van der Waals surface area (Å²) in [5.41, 5.74) is 0. The molecule has 6 nitrogen and oxygen atoms in total. The molecular weight excluding hydrogens is 781 g/mol. The molecule has 0 spiro atoms. The summed E-state index contributed by atoms with van der Waals surface area (Å²) in [4.78, 5) is 38.0. The van der Waals surface area contributed by atoms with Gasteiger partial charge in [0.05, 0.1) is 0 Å². The van der Waals surface area contributed by atoms with Gasteiger partial charge in [-0.1, -0.05) is 279 Å². The Balaban J connectivity index is 4.22. The molecule has 0 aromatic carbocycles. The van der Waals surface area contributed by atoms with E-state index in [1.165, 1.54) is 205 Å². The molecule has 0 heterocycles. The molecule has 0 radical (unpaired) electrons. The smallest absolute Gasteiger partial charge is 0.306 e. The number of unbranched alkanes of at least 4 members (excludes halogenated alkanes) is 36. The number of carbonyl (C=O) groups is 3. The number of ether oxygens (including phenoxy) is 3. The molecule has 63 heavy (non-hydrogen) atoms. The van der Waals surface area contributed by atoms with Crippen LogP contribution in [-0.4, -0.2) is 37.2 Å². The topological polar surface area (TPSA) is 78.9 Å². The second kappa shape index (κ2) is 49.8. The Bertz CT molecular complexity index is 962.